The van der Waals surface area contributed by atoms with Gasteiger partial charge in [0.25, 0.3) is 5.56 Å². The molecule has 2 aromatic rings. The van der Waals surface area contributed by atoms with E-state index in [2.05, 4.69) is 10.3 Å². The minimum atomic E-state index is -0.309. The lowest BCUT2D eigenvalue weighted by Gasteiger charge is -2.07. The third-order valence-corrected chi connectivity index (χ3v) is 3.08. The number of benzene rings is 1. The van der Waals surface area contributed by atoms with Crippen LogP contribution in [0, 0.1) is 3.57 Å². The van der Waals surface area contributed by atoms with Gasteiger partial charge in [0.2, 0.25) is 5.91 Å². The Morgan fingerprint density at radius 3 is 3.00 bits per heavy atom. The fraction of sp³-hybridized carbons (Fsp3) is 0.0833. The van der Waals surface area contributed by atoms with Crippen LogP contribution in [0.2, 0.25) is 0 Å². The number of nitrogen functional groups attached to an aromatic ring is 1. The van der Waals surface area contributed by atoms with Crippen LogP contribution in [0.25, 0.3) is 0 Å². The van der Waals surface area contributed by atoms with Crippen molar-refractivity contribution in [3.05, 3.63) is 50.7 Å². The van der Waals surface area contributed by atoms with E-state index in [1.165, 1.54) is 17.1 Å². The Balaban J connectivity index is 2.10. The number of nitrogens with zero attached hydrogens (tertiary/aromatic N) is 2. The second kappa shape index (κ2) is 5.83. The highest BCUT2D eigenvalue weighted by Gasteiger charge is 2.07. The van der Waals surface area contributed by atoms with Crippen LogP contribution in [0.4, 0.5) is 11.4 Å². The first-order chi connectivity index (χ1) is 9.06. The Kier molecular flexibility index (Phi) is 4.15. The maximum absolute atomic E-state index is 11.8. The Morgan fingerprint density at radius 1 is 1.47 bits per heavy atom. The molecule has 0 unspecified atom stereocenters. The number of anilines is 2. The molecule has 0 fully saturated rings. The molecule has 0 atom stereocenters. The molecule has 7 heteroatoms. The minimum absolute atomic E-state index is 0.0858. The SMILES string of the molecule is Nc1cccc(NC(=O)Cn2cncc(I)c2=O)c1. The summed E-state index contributed by atoms with van der Waals surface area (Å²) in [6.45, 7) is -0.0858. The zero-order chi connectivity index (χ0) is 13.8. The molecule has 0 bridgehead atoms. The molecule has 0 saturated heterocycles. The first-order valence-corrected chi connectivity index (χ1v) is 6.49. The molecule has 0 aliphatic carbocycles. The topological polar surface area (TPSA) is 90.0 Å². The van der Waals surface area contributed by atoms with E-state index >= 15 is 0 Å². The predicted molar refractivity (Wildman–Crippen MR) is 80.7 cm³/mol. The van der Waals surface area contributed by atoms with Gasteiger partial charge in [-0.3, -0.25) is 14.2 Å². The van der Waals surface area contributed by atoms with Crippen molar-refractivity contribution < 1.29 is 4.79 Å². The van der Waals surface area contributed by atoms with E-state index < -0.39 is 0 Å². The highest BCUT2D eigenvalue weighted by atomic mass is 127. The van der Waals surface area contributed by atoms with Crippen LogP contribution in [-0.4, -0.2) is 15.5 Å². The van der Waals surface area contributed by atoms with Gasteiger partial charge in [-0.1, -0.05) is 6.07 Å². The highest BCUT2D eigenvalue weighted by molar-refractivity contribution is 14.1. The number of nitrogens with one attached hydrogen (secondary N) is 1. The van der Waals surface area contributed by atoms with Crippen molar-refractivity contribution in [3.63, 3.8) is 0 Å². The number of amides is 1. The number of hydrogen-bond acceptors (Lipinski definition) is 4. The summed E-state index contributed by atoms with van der Waals surface area (Å²) in [6, 6.07) is 6.84. The predicted octanol–water partition coefficient (Wildman–Crippen LogP) is 1.07. The number of halogens is 1. The summed E-state index contributed by atoms with van der Waals surface area (Å²) in [5, 5.41) is 2.67. The number of carbonyl (C=O) groups is 1. The molecule has 2 rings (SSSR count). The van der Waals surface area contributed by atoms with E-state index in [4.69, 9.17) is 5.73 Å². The van der Waals surface area contributed by atoms with E-state index in [9.17, 15) is 9.59 Å². The van der Waals surface area contributed by atoms with Gasteiger partial charge < -0.3 is 11.1 Å². The van der Waals surface area contributed by atoms with Gasteiger partial charge in [0.15, 0.2) is 0 Å². The van der Waals surface area contributed by atoms with Crippen LogP contribution in [0.15, 0.2) is 41.6 Å². The van der Waals surface area contributed by atoms with Crippen LogP contribution >= 0.6 is 22.6 Å². The molecule has 0 radical (unpaired) electrons. The molecule has 1 aromatic heterocycles. The van der Waals surface area contributed by atoms with Crippen LogP contribution in [0.1, 0.15) is 0 Å². The minimum Gasteiger partial charge on any atom is -0.399 e. The lowest BCUT2D eigenvalue weighted by atomic mass is 10.3. The zero-order valence-electron chi connectivity index (χ0n) is 9.84. The van der Waals surface area contributed by atoms with E-state index in [0.29, 0.717) is 14.9 Å². The Bertz CT molecular complexity index is 669. The van der Waals surface area contributed by atoms with Crippen LogP contribution in [0.3, 0.4) is 0 Å². The first-order valence-electron chi connectivity index (χ1n) is 5.41. The molecule has 1 amide bonds. The molecule has 3 N–H and O–H groups in total. The molecule has 1 aromatic carbocycles. The molecule has 6 nitrogen and oxygen atoms in total. The van der Waals surface area contributed by atoms with Gasteiger partial charge in [-0.15, -0.1) is 0 Å². The molecule has 0 saturated carbocycles. The summed E-state index contributed by atoms with van der Waals surface area (Å²) in [4.78, 5) is 27.4. The van der Waals surface area contributed by atoms with Crippen molar-refractivity contribution in [2.45, 2.75) is 6.54 Å². The van der Waals surface area contributed by atoms with Crippen molar-refractivity contribution in [2.24, 2.45) is 0 Å². The summed E-state index contributed by atoms with van der Waals surface area (Å²) in [5.74, 6) is -0.309. The van der Waals surface area contributed by atoms with Crippen LogP contribution in [0.5, 0.6) is 0 Å². The summed E-state index contributed by atoms with van der Waals surface area (Å²) in [5.41, 5.74) is 6.53. The molecule has 0 aliphatic rings. The smallest absolute Gasteiger partial charge is 0.267 e. The van der Waals surface area contributed by atoms with Crippen molar-refractivity contribution in [1.82, 2.24) is 9.55 Å². The lowest BCUT2D eigenvalue weighted by Crippen LogP contribution is -2.29. The summed E-state index contributed by atoms with van der Waals surface area (Å²) in [6.07, 6.45) is 2.79. The third kappa shape index (κ3) is 3.53. The van der Waals surface area contributed by atoms with Crippen molar-refractivity contribution in [2.75, 3.05) is 11.1 Å². The summed E-state index contributed by atoms with van der Waals surface area (Å²) in [7, 11) is 0. The normalized spacial score (nSPS) is 10.2. The molecule has 19 heavy (non-hydrogen) atoms. The monoisotopic (exact) mass is 370 g/mol. The maximum atomic E-state index is 11.8. The van der Waals surface area contributed by atoms with E-state index in [0.717, 1.165) is 0 Å². The molecule has 0 aliphatic heterocycles. The van der Waals surface area contributed by atoms with E-state index in [-0.39, 0.29) is 18.0 Å². The second-order valence-electron chi connectivity index (χ2n) is 3.85. The summed E-state index contributed by atoms with van der Waals surface area (Å²) < 4.78 is 1.72. The van der Waals surface area contributed by atoms with Gasteiger partial charge in [-0.2, -0.15) is 0 Å². The quantitative estimate of drug-likeness (QED) is 0.625. The number of aromatic nitrogens is 2. The van der Waals surface area contributed by atoms with Gasteiger partial charge in [0.05, 0.1) is 9.90 Å². The fourth-order valence-corrected chi connectivity index (χ4v) is 1.98. The molecule has 98 valence electrons. The standard InChI is InChI=1S/C12H11IN4O2/c13-10-5-15-7-17(12(10)19)6-11(18)16-9-3-1-2-8(14)4-9/h1-5,7H,6,14H2,(H,16,18). The maximum Gasteiger partial charge on any atom is 0.267 e. The highest BCUT2D eigenvalue weighted by Crippen LogP contribution is 2.11. The van der Waals surface area contributed by atoms with Gasteiger partial charge in [-0.05, 0) is 40.8 Å². The zero-order valence-corrected chi connectivity index (χ0v) is 12.0. The lowest BCUT2D eigenvalue weighted by molar-refractivity contribution is -0.116. The second-order valence-corrected chi connectivity index (χ2v) is 5.01. The van der Waals surface area contributed by atoms with Crippen molar-refractivity contribution in [3.8, 4) is 0 Å². The van der Waals surface area contributed by atoms with Crippen molar-refractivity contribution >= 4 is 39.9 Å². The van der Waals surface area contributed by atoms with Crippen LogP contribution < -0.4 is 16.6 Å². The van der Waals surface area contributed by atoms with Gasteiger partial charge >= 0.3 is 0 Å². The number of nitrogens with two attached hydrogens (primary N) is 1. The van der Waals surface area contributed by atoms with Gasteiger partial charge in [0.1, 0.15) is 6.54 Å². The fourth-order valence-electron chi connectivity index (χ4n) is 1.51. The van der Waals surface area contributed by atoms with Gasteiger partial charge in [-0.25, -0.2) is 4.98 Å². The van der Waals surface area contributed by atoms with Crippen molar-refractivity contribution in [1.29, 1.82) is 0 Å². The Labute approximate surface area is 122 Å². The molecule has 1 heterocycles. The summed E-state index contributed by atoms with van der Waals surface area (Å²) >= 11 is 1.88. The number of rotatable bonds is 3. The van der Waals surface area contributed by atoms with Crippen LogP contribution in [-0.2, 0) is 11.3 Å². The molecule has 0 spiro atoms. The average molecular weight is 370 g/mol. The van der Waals surface area contributed by atoms with E-state index in [1.807, 2.05) is 22.6 Å². The van der Waals surface area contributed by atoms with Gasteiger partial charge in [0, 0.05) is 17.6 Å². The number of hydrogen-bond donors (Lipinski definition) is 2. The first kappa shape index (κ1) is 13.5. The Hall–Kier alpha value is -1.90. The van der Waals surface area contributed by atoms with E-state index in [1.54, 1.807) is 24.3 Å². The number of carbonyl (C=O) groups excluding carboxylic acids is 1. The molecular formula is C12H11IN4O2. The third-order valence-electron chi connectivity index (χ3n) is 2.34. The molecular weight excluding hydrogens is 359 g/mol. The largest absolute Gasteiger partial charge is 0.399 e. The Morgan fingerprint density at radius 2 is 2.26 bits per heavy atom. The average Bonchev–Trinajstić information content (AvgIpc) is 2.35.